The van der Waals surface area contributed by atoms with E-state index in [1.165, 1.54) is 57.3 Å². The number of rotatable bonds is 2. The van der Waals surface area contributed by atoms with Crippen LogP contribution in [0.3, 0.4) is 0 Å². The molecule has 2 fully saturated rings. The minimum absolute atomic E-state index is 0.699. The van der Waals surface area contributed by atoms with E-state index in [9.17, 15) is 0 Å². The van der Waals surface area contributed by atoms with Crippen molar-refractivity contribution < 1.29 is 0 Å². The molecule has 1 aliphatic carbocycles. The van der Waals surface area contributed by atoms with E-state index in [-0.39, 0.29) is 0 Å². The summed E-state index contributed by atoms with van der Waals surface area (Å²) in [4.78, 5) is 6.81. The monoisotopic (exact) mass is 245 g/mol. The Kier molecular flexibility index (Phi) is 3.14. The summed E-state index contributed by atoms with van der Waals surface area (Å²) in [6.07, 6.45) is 12.5. The van der Waals surface area contributed by atoms with Crippen LogP contribution in [-0.4, -0.2) is 25.1 Å². The topological polar surface area (TPSA) is 28.2 Å². The number of aromatic nitrogens is 1. The van der Waals surface area contributed by atoms with Crippen LogP contribution in [0.4, 0.5) is 11.4 Å². The lowest BCUT2D eigenvalue weighted by atomic mass is 9.77. The number of nitrogens with zero attached hydrogens (tertiary/aromatic N) is 2. The van der Waals surface area contributed by atoms with Crippen LogP contribution >= 0.6 is 0 Å². The predicted octanol–water partition coefficient (Wildman–Crippen LogP) is 3.28. The lowest BCUT2D eigenvalue weighted by Gasteiger charge is -2.40. The average molecular weight is 245 g/mol. The van der Waals surface area contributed by atoms with Crippen LogP contribution in [0.2, 0.25) is 0 Å². The molecule has 1 aromatic heterocycles. The smallest absolute Gasteiger partial charge is 0.0573 e. The molecule has 3 nitrogen and oxygen atoms in total. The maximum absolute atomic E-state index is 4.32. The maximum atomic E-state index is 4.32. The first kappa shape index (κ1) is 11.8. The highest BCUT2D eigenvalue weighted by molar-refractivity contribution is 5.55. The Hall–Kier alpha value is -1.25. The zero-order valence-electron chi connectivity index (χ0n) is 11.3. The summed E-state index contributed by atoms with van der Waals surface area (Å²) < 4.78 is 0. The molecule has 1 aliphatic heterocycles. The van der Waals surface area contributed by atoms with Crippen molar-refractivity contribution in [1.82, 2.24) is 4.98 Å². The van der Waals surface area contributed by atoms with E-state index >= 15 is 0 Å². The SMILES string of the molecule is CNc1cncc(N2CCC3(CCCC3)CC2)c1. The molecule has 2 aliphatic rings. The van der Waals surface area contributed by atoms with Gasteiger partial charge in [0.2, 0.25) is 0 Å². The molecule has 3 rings (SSSR count). The molecule has 1 saturated carbocycles. The Morgan fingerprint density at radius 1 is 1.11 bits per heavy atom. The molecular formula is C15H23N3. The molecule has 1 aromatic rings. The third-order valence-electron chi connectivity index (χ3n) is 4.87. The van der Waals surface area contributed by atoms with Gasteiger partial charge in [-0.3, -0.25) is 4.98 Å². The van der Waals surface area contributed by atoms with Crippen LogP contribution in [0.5, 0.6) is 0 Å². The van der Waals surface area contributed by atoms with E-state index < -0.39 is 0 Å². The van der Waals surface area contributed by atoms with Gasteiger partial charge in [-0.25, -0.2) is 0 Å². The van der Waals surface area contributed by atoms with Crippen LogP contribution in [0, 0.1) is 5.41 Å². The van der Waals surface area contributed by atoms with E-state index in [2.05, 4.69) is 21.3 Å². The van der Waals surface area contributed by atoms with Gasteiger partial charge < -0.3 is 10.2 Å². The second-order valence-corrected chi connectivity index (χ2v) is 5.88. The largest absolute Gasteiger partial charge is 0.387 e. The number of pyridine rings is 1. The van der Waals surface area contributed by atoms with Gasteiger partial charge in [0.1, 0.15) is 0 Å². The standard InChI is InChI=1S/C15H23N3/c1-16-13-10-14(12-17-11-13)18-8-6-15(7-9-18)4-2-3-5-15/h10-12,16H,2-9H2,1H3. The molecule has 0 unspecified atom stereocenters. The highest BCUT2D eigenvalue weighted by Crippen LogP contribution is 2.46. The van der Waals surface area contributed by atoms with Crippen molar-refractivity contribution in [2.45, 2.75) is 38.5 Å². The quantitative estimate of drug-likeness (QED) is 0.866. The number of hydrogen-bond donors (Lipinski definition) is 1. The Bertz CT molecular complexity index is 400. The van der Waals surface area contributed by atoms with Crippen molar-refractivity contribution in [2.75, 3.05) is 30.4 Å². The van der Waals surface area contributed by atoms with Crippen molar-refractivity contribution in [3.05, 3.63) is 18.5 Å². The van der Waals surface area contributed by atoms with E-state index in [4.69, 9.17) is 0 Å². The second kappa shape index (κ2) is 4.79. The van der Waals surface area contributed by atoms with E-state index in [1.807, 2.05) is 19.4 Å². The average Bonchev–Trinajstić information content (AvgIpc) is 2.88. The van der Waals surface area contributed by atoms with Gasteiger partial charge in [-0.15, -0.1) is 0 Å². The molecule has 1 spiro atoms. The summed E-state index contributed by atoms with van der Waals surface area (Å²) in [5.41, 5.74) is 3.08. The molecule has 98 valence electrons. The van der Waals surface area contributed by atoms with Crippen LogP contribution in [0.15, 0.2) is 18.5 Å². The minimum atomic E-state index is 0.699. The van der Waals surface area contributed by atoms with Crippen LogP contribution < -0.4 is 10.2 Å². The zero-order chi connectivity index (χ0) is 12.4. The van der Waals surface area contributed by atoms with E-state index in [1.54, 1.807) is 0 Å². The van der Waals surface area contributed by atoms with Crippen molar-refractivity contribution in [3.8, 4) is 0 Å². The molecule has 1 N–H and O–H groups in total. The number of anilines is 2. The van der Waals surface area contributed by atoms with Gasteiger partial charge >= 0.3 is 0 Å². The fraction of sp³-hybridized carbons (Fsp3) is 0.667. The third kappa shape index (κ3) is 2.18. The molecule has 0 aromatic carbocycles. The van der Waals surface area contributed by atoms with E-state index in [0.717, 1.165) is 5.69 Å². The third-order valence-corrected chi connectivity index (χ3v) is 4.87. The Labute approximate surface area is 110 Å². The fourth-order valence-electron chi connectivity index (χ4n) is 3.60. The normalized spacial score (nSPS) is 22.4. The molecule has 0 atom stereocenters. The van der Waals surface area contributed by atoms with Gasteiger partial charge in [0.05, 0.1) is 23.8 Å². The van der Waals surface area contributed by atoms with Crippen molar-refractivity contribution in [3.63, 3.8) is 0 Å². The summed E-state index contributed by atoms with van der Waals surface area (Å²) >= 11 is 0. The predicted molar refractivity (Wildman–Crippen MR) is 76.1 cm³/mol. The van der Waals surface area contributed by atoms with Gasteiger partial charge in [0.15, 0.2) is 0 Å². The first-order valence-electron chi connectivity index (χ1n) is 7.19. The fourth-order valence-corrected chi connectivity index (χ4v) is 3.60. The van der Waals surface area contributed by atoms with Crippen molar-refractivity contribution >= 4 is 11.4 Å². The number of nitrogens with one attached hydrogen (secondary N) is 1. The Morgan fingerprint density at radius 3 is 2.50 bits per heavy atom. The molecule has 1 saturated heterocycles. The van der Waals surface area contributed by atoms with Gasteiger partial charge in [-0.05, 0) is 37.2 Å². The maximum Gasteiger partial charge on any atom is 0.0573 e. The highest BCUT2D eigenvalue weighted by atomic mass is 15.1. The zero-order valence-corrected chi connectivity index (χ0v) is 11.3. The van der Waals surface area contributed by atoms with Crippen molar-refractivity contribution in [2.24, 2.45) is 5.41 Å². The first-order valence-corrected chi connectivity index (χ1v) is 7.19. The van der Waals surface area contributed by atoms with Gasteiger partial charge in [0, 0.05) is 20.1 Å². The first-order chi connectivity index (χ1) is 8.81. The van der Waals surface area contributed by atoms with Crippen LogP contribution in [-0.2, 0) is 0 Å². The summed E-state index contributed by atoms with van der Waals surface area (Å²) in [5.74, 6) is 0. The summed E-state index contributed by atoms with van der Waals surface area (Å²) in [6.45, 7) is 2.41. The molecule has 18 heavy (non-hydrogen) atoms. The van der Waals surface area contributed by atoms with Crippen LogP contribution in [0.1, 0.15) is 38.5 Å². The highest BCUT2D eigenvalue weighted by Gasteiger charge is 2.36. The molecule has 3 heteroatoms. The minimum Gasteiger partial charge on any atom is -0.387 e. The Balaban J connectivity index is 1.68. The molecule has 0 amide bonds. The molecule has 0 bridgehead atoms. The summed E-state index contributed by atoms with van der Waals surface area (Å²) in [6, 6.07) is 2.21. The Morgan fingerprint density at radius 2 is 1.83 bits per heavy atom. The van der Waals surface area contributed by atoms with Crippen LogP contribution in [0.25, 0.3) is 0 Å². The summed E-state index contributed by atoms with van der Waals surface area (Å²) in [7, 11) is 1.95. The molecule has 0 radical (unpaired) electrons. The summed E-state index contributed by atoms with van der Waals surface area (Å²) in [5, 5.41) is 3.17. The molecular weight excluding hydrogens is 222 g/mol. The van der Waals surface area contributed by atoms with Gasteiger partial charge in [-0.1, -0.05) is 12.8 Å². The van der Waals surface area contributed by atoms with Crippen molar-refractivity contribution in [1.29, 1.82) is 0 Å². The lowest BCUT2D eigenvalue weighted by molar-refractivity contribution is 0.226. The molecule has 2 heterocycles. The van der Waals surface area contributed by atoms with Gasteiger partial charge in [0.25, 0.3) is 0 Å². The lowest BCUT2D eigenvalue weighted by Crippen LogP contribution is -2.38. The number of hydrogen-bond acceptors (Lipinski definition) is 3. The van der Waals surface area contributed by atoms with Gasteiger partial charge in [-0.2, -0.15) is 0 Å². The number of piperidine rings is 1. The van der Waals surface area contributed by atoms with E-state index in [0.29, 0.717) is 5.41 Å². The second-order valence-electron chi connectivity index (χ2n) is 5.88.